The number of nitrogens with one attached hydrogen (secondary N) is 1. The minimum absolute atomic E-state index is 0.0173. The molecule has 16 heteroatoms. The Morgan fingerprint density at radius 2 is 1.90 bits per heavy atom. The zero-order chi connectivity index (χ0) is 35.1. The summed E-state index contributed by atoms with van der Waals surface area (Å²) >= 11 is 2.56. The highest BCUT2D eigenvalue weighted by molar-refractivity contribution is 8.06. The molecule has 256 valence electrons. The number of alkyl carbamates (subject to hydrolysis) is 1. The van der Waals surface area contributed by atoms with E-state index in [9.17, 15) is 34.4 Å². The standard InChI is InChI=1S/C32H36N4O10S2/c1-6-12-44-31(40)27-28(18(4)26-24(19(5)37)29(38)35(26)27)47-13-11-23-22(33-16-48-23)15-45-30(39)25(17(2)3)34-32(41)46-14-20-7-9-21(10-8-20)36(42)43/h6-11,13,16-19,24-26,37H,1,12,14-15H2,2-5H3,(H,34,41)/b13-11-/t18-,19-,24-,25+,26-/m1/s1. The average Bonchev–Trinajstić information content (AvgIpc) is 3.59. The van der Waals surface area contributed by atoms with Crippen LogP contribution in [-0.2, 0) is 41.8 Å². The number of aliphatic hydroxyl groups is 1. The molecule has 0 bridgehead atoms. The van der Waals surface area contributed by atoms with Crippen molar-refractivity contribution in [3.8, 4) is 0 Å². The van der Waals surface area contributed by atoms with Gasteiger partial charge in [-0.2, -0.15) is 0 Å². The number of carbonyl (C=O) groups is 4. The van der Waals surface area contributed by atoms with E-state index in [4.69, 9.17) is 14.2 Å². The molecular weight excluding hydrogens is 665 g/mol. The molecule has 0 saturated carbocycles. The van der Waals surface area contributed by atoms with E-state index in [0.717, 1.165) is 0 Å². The molecule has 2 N–H and O–H groups in total. The van der Waals surface area contributed by atoms with Crippen LogP contribution in [0.2, 0.25) is 0 Å². The lowest BCUT2D eigenvalue weighted by molar-refractivity contribution is -0.384. The van der Waals surface area contributed by atoms with Gasteiger partial charge in [0.15, 0.2) is 0 Å². The van der Waals surface area contributed by atoms with Crippen LogP contribution in [0.4, 0.5) is 10.5 Å². The van der Waals surface area contributed by atoms with Crippen LogP contribution in [0.5, 0.6) is 0 Å². The number of ether oxygens (including phenoxy) is 3. The second-order valence-corrected chi connectivity index (χ2v) is 13.2. The van der Waals surface area contributed by atoms with Crippen molar-refractivity contribution in [1.29, 1.82) is 0 Å². The fourth-order valence-corrected chi connectivity index (χ4v) is 7.09. The van der Waals surface area contributed by atoms with Gasteiger partial charge in [0.05, 0.1) is 39.1 Å². The molecule has 4 rings (SSSR count). The molecule has 14 nitrogen and oxygen atoms in total. The molecule has 0 unspecified atom stereocenters. The van der Waals surface area contributed by atoms with Crippen molar-refractivity contribution < 1.29 is 43.4 Å². The number of aromatic nitrogens is 1. The van der Waals surface area contributed by atoms with Gasteiger partial charge in [-0.25, -0.2) is 19.4 Å². The Kier molecular flexibility index (Phi) is 12.1. The summed E-state index contributed by atoms with van der Waals surface area (Å²) in [6.45, 7) is 10.1. The number of nitro benzene ring substituents is 1. The Labute approximate surface area is 285 Å². The van der Waals surface area contributed by atoms with Gasteiger partial charge in [0.25, 0.3) is 5.69 Å². The highest BCUT2D eigenvalue weighted by Gasteiger charge is 2.60. The summed E-state index contributed by atoms with van der Waals surface area (Å²) in [5.74, 6) is -2.85. The summed E-state index contributed by atoms with van der Waals surface area (Å²) in [7, 11) is 0. The molecule has 3 heterocycles. The molecule has 1 fully saturated rings. The number of hydrogen-bond acceptors (Lipinski definition) is 13. The van der Waals surface area contributed by atoms with E-state index in [0.29, 0.717) is 21.0 Å². The average molecular weight is 701 g/mol. The first-order chi connectivity index (χ1) is 22.8. The summed E-state index contributed by atoms with van der Waals surface area (Å²) in [6, 6.07) is 4.16. The van der Waals surface area contributed by atoms with E-state index in [1.54, 1.807) is 37.8 Å². The Bertz CT molecular complexity index is 1620. The van der Waals surface area contributed by atoms with Crippen molar-refractivity contribution in [2.75, 3.05) is 6.61 Å². The first-order valence-electron chi connectivity index (χ1n) is 15.0. The number of β-lactam (4-membered cyclic amide) rings is 1. The molecule has 2 amide bonds. The molecule has 0 radical (unpaired) electrons. The topological polar surface area (TPSA) is 188 Å². The maximum Gasteiger partial charge on any atom is 0.408 e. The van der Waals surface area contributed by atoms with Gasteiger partial charge in [0, 0.05) is 23.0 Å². The van der Waals surface area contributed by atoms with Gasteiger partial charge in [0.1, 0.15) is 31.6 Å². The number of nitrogens with zero attached hydrogens (tertiary/aromatic N) is 3. The van der Waals surface area contributed by atoms with Crippen molar-refractivity contribution in [2.45, 2.75) is 59.1 Å². The number of non-ortho nitro benzene ring substituents is 1. The quantitative estimate of drug-likeness (QED) is 0.0660. The van der Waals surface area contributed by atoms with Crippen molar-refractivity contribution in [2.24, 2.45) is 17.8 Å². The molecule has 2 aliphatic rings. The molecule has 1 saturated heterocycles. The fraction of sp³-hybridized carbons (Fsp3) is 0.406. The lowest BCUT2D eigenvalue weighted by atomic mass is 9.79. The van der Waals surface area contributed by atoms with Crippen LogP contribution < -0.4 is 5.32 Å². The van der Waals surface area contributed by atoms with Crippen LogP contribution >= 0.6 is 23.1 Å². The van der Waals surface area contributed by atoms with E-state index < -0.39 is 41.0 Å². The van der Waals surface area contributed by atoms with Gasteiger partial charge in [-0.3, -0.25) is 14.9 Å². The van der Waals surface area contributed by atoms with Gasteiger partial charge < -0.3 is 29.5 Å². The Morgan fingerprint density at radius 1 is 1.19 bits per heavy atom. The van der Waals surface area contributed by atoms with Crippen LogP contribution in [0.25, 0.3) is 6.08 Å². The van der Waals surface area contributed by atoms with Gasteiger partial charge in [0.2, 0.25) is 5.91 Å². The van der Waals surface area contributed by atoms with E-state index in [1.807, 2.05) is 6.92 Å². The molecule has 1 aromatic carbocycles. The summed E-state index contributed by atoms with van der Waals surface area (Å²) in [4.78, 5) is 68.5. The lowest BCUT2D eigenvalue weighted by Gasteiger charge is -2.46. The third kappa shape index (κ3) is 8.11. The minimum Gasteiger partial charge on any atom is -0.458 e. The third-order valence-electron chi connectivity index (χ3n) is 7.78. The Hall–Kier alpha value is -4.54. The second-order valence-electron chi connectivity index (χ2n) is 11.4. The predicted molar refractivity (Wildman–Crippen MR) is 177 cm³/mol. The van der Waals surface area contributed by atoms with Gasteiger partial charge >= 0.3 is 18.0 Å². The zero-order valence-electron chi connectivity index (χ0n) is 26.7. The van der Waals surface area contributed by atoms with Gasteiger partial charge in [-0.15, -0.1) is 11.3 Å². The molecular formula is C32H36N4O10S2. The zero-order valence-corrected chi connectivity index (χ0v) is 28.3. The normalized spacial score (nSPS) is 19.8. The number of thioether (sulfide) groups is 1. The predicted octanol–water partition coefficient (Wildman–Crippen LogP) is 4.55. The smallest absolute Gasteiger partial charge is 0.408 e. The number of aliphatic hydroxyl groups excluding tert-OH is 1. The summed E-state index contributed by atoms with van der Waals surface area (Å²) < 4.78 is 15.9. The van der Waals surface area contributed by atoms with Crippen LogP contribution in [0, 0.1) is 27.9 Å². The minimum atomic E-state index is -1.02. The number of carbonyl (C=O) groups excluding carboxylic acids is 4. The van der Waals surface area contributed by atoms with E-state index in [-0.39, 0.29) is 55.0 Å². The largest absolute Gasteiger partial charge is 0.458 e. The Balaban J connectivity index is 1.36. The van der Waals surface area contributed by atoms with Crippen molar-refractivity contribution in [1.82, 2.24) is 15.2 Å². The van der Waals surface area contributed by atoms with Crippen LogP contribution in [0.15, 0.2) is 58.4 Å². The third-order valence-corrected chi connectivity index (χ3v) is 9.71. The SMILES string of the molecule is C=CCOC(=O)C1=C(S/C=C\c2scnc2COC(=O)[C@@H](NC(=O)OCc2ccc([N+](=O)[O-])cc2)C(C)C)[C@H](C)[C@@H]2[C@@H]([C@@H](C)O)C(=O)N12. The molecule has 0 spiro atoms. The van der Waals surface area contributed by atoms with E-state index in [2.05, 4.69) is 16.9 Å². The summed E-state index contributed by atoms with van der Waals surface area (Å²) in [6.07, 6.45) is 1.47. The maximum atomic E-state index is 13.0. The van der Waals surface area contributed by atoms with Crippen molar-refractivity contribution in [3.05, 3.63) is 84.7 Å². The number of esters is 2. The van der Waals surface area contributed by atoms with Crippen molar-refractivity contribution >= 4 is 58.8 Å². The van der Waals surface area contributed by atoms with E-state index in [1.165, 1.54) is 58.3 Å². The lowest BCUT2D eigenvalue weighted by Crippen LogP contribution is -2.63. The maximum absolute atomic E-state index is 13.0. The molecule has 5 atom stereocenters. The van der Waals surface area contributed by atoms with E-state index >= 15 is 0 Å². The highest BCUT2D eigenvalue weighted by Crippen LogP contribution is 2.51. The van der Waals surface area contributed by atoms with Gasteiger partial charge in [-0.1, -0.05) is 45.2 Å². The summed E-state index contributed by atoms with van der Waals surface area (Å²) in [5.41, 5.74) is 2.67. The van der Waals surface area contributed by atoms with Gasteiger partial charge in [-0.05, 0) is 42.0 Å². The first kappa shape index (κ1) is 36.3. The number of nitro groups is 1. The Morgan fingerprint density at radius 3 is 2.52 bits per heavy atom. The molecule has 0 aliphatic carbocycles. The van der Waals surface area contributed by atoms with Crippen molar-refractivity contribution in [3.63, 3.8) is 0 Å². The summed E-state index contributed by atoms with van der Waals surface area (Å²) in [5, 5.41) is 25.3. The fourth-order valence-electron chi connectivity index (χ4n) is 5.32. The monoisotopic (exact) mass is 700 g/mol. The van der Waals surface area contributed by atoms with Crippen LogP contribution in [0.1, 0.15) is 43.8 Å². The molecule has 2 aromatic rings. The number of rotatable bonds is 15. The molecule has 2 aliphatic heterocycles. The van der Waals surface area contributed by atoms with Crippen LogP contribution in [-0.4, -0.2) is 68.6 Å². The first-order valence-corrected chi connectivity index (χ1v) is 16.7. The number of thiazole rings is 1. The number of fused-ring (bicyclic) bond motifs is 1. The molecule has 1 aromatic heterocycles. The van der Waals surface area contributed by atoms with Crippen LogP contribution in [0.3, 0.4) is 0 Å². The number of hydrogen-bond donors (Lipinski definition) is 2. The number of amides is 2. The second kappa shape index (κ2) is 16.0. The highest BCUT2D eigenvalue weighted by atomic mass is 32.2. The molecule has 48 heavy (non-hydrogen) atoms. The number of benzene rings is 1.